The second kappa shape index (κ2) is 5.58. The van der Waals surface area contributed by atoms with Gasteiger partial charge in [-0.2, -0.15) is 0 Å². The van der Waals surface area contributed by atoms with Gasteiger partial charge in [-0.1, -0.05) is 23.5 Å². The molecule has 1 N–H and O–H groups in total. The molecule has 2 heterocycles. The van der Waals surface area contributed by atoms with Gasteiger partial charge in [0.15, 0.2) is 0 Å². The molecule has 0 aliphatic carbocycles. The van der Waals surface area contributed by atoms with Gasteiger partial charge in [0.1, 0.15) is 0 Å². The maximum absolute atomic E-state index is 12.1. The van der Waals surface area contributed by atoms with Crippen LogP contribution in [0.5, 0.6) is 0 Å². The third-order valence-electron chi connectivity index (χ3n) is 2.53. The smallest absolute Gasteiger partial charge is 0.286 e. The van der Waals surface area contributed by atoms with E-state index in [0.717, 1.165) is 11.3 Å². The largest absolute Gasteiger partial charge is 0.421 e. The second-order valence-electron chi connectivity index (χ2n) is 3.99. The van der Waals surface area contributed by atoms with Crippen LogP contribution in [0, 0.1) is 6.92 Å². The number of nitrogens with one attached hydrogen (secondary N) is 1. The Morgan fingerprint density at radius 1 is 1.24 bits per heavy atom. The Morgan fingerprint density at radius 2 is 2.05 bits per heavy atom. The molecule has 7 nitrogen and oxygen atoms in total. The lowest BCUT2D eigenvalue weighted by Crippen LogP contribution is -2.12. The Bertz CT molecular complexity index is 800. The van der Waals surface area contributed by atoms with Crippen molar-refractivity contribution in [3.05, 3.63) is 39.6 Å². The van der Waals surface area contributed by atoms with Gasteiger partial charge < -0.3 is 9.73 Å². The number of aromatic nitrogens is 4. The number of benzene rings is 1. The third kappa shape index (κ3) is 2.91. The standard InChI is InChI=1S/C12H8ClN5O2S/c1-6-15-16-10(20-6)7-4-2-3-5-8(7)14-9(19)11-17-18-12(13)21-11/h2-5H,1H3,(H,14,19). The van der Waals surface area contributed by atoms with Crippen molar-refractivity contribution in [1.82, 2.24) is 20.4 Å². The number of carbonyl (C=O) groups is 1. The van der Waals surface area contributed by atoms with E-state index in [2.05, 4.69) is 25.7 Å². The van der Waals surface area contributed by atoms with Crippen molar-refractivity contribution in [3.8, 4) is 11.5 Å². The van der Waals surface area contributed by atoms with Crippen LogP contribution >= 0.6 is 22.9 Å². The zero-order valence-corrected chi connectivity index (χ0v) is 12.3. The Balaban J connectivity index is 1.91. The van der Waals surface area contributed by atoms with E-state index >= 15 is 0 Å². The molecule has 0 fully saturated rings. The number of hydrogen-bond acceptors (Lipinski definition) is 7. The number of halogens is 1. The number of carbonyl (C=O) groups excluding carboxylic acids is 1. The molecular formula is C12H8ClN5O2S. The van der Waals surface area contributed by atoms with Crippen LogP contribution in [-0.4, -0.2) is 26.3 Å². The highest BCUT2D eigenvalue weighted by atomic mass is 35.5. The predicted octanol–water partition coefficient (Wildman–Crippen LogP) is 2.80. The van der Waals surface area contributed by atoms with E-state index in [1.165, 1.54) is 0 Å². The highest BCUT2D eigenvalue weighted by Crippen LogP contribution is 2.27. The van der Waals surface area contributed by atoms with Crippen LogP contribution in [-0.2, 0) is 0 Å². The molecule has 0 aliphatic rings. The first kappa shape index (κ1) is 13.7. The molecule has 21 heavy (non-hydrogen) atoms. The van der Waals surface area contributed by atoms with Gasteiger partial charge in [-0.05, 0) is 23.7 Å². The molecule has 0 saturated heterocycles. The highest BCUT2D eigenvalue weighted by molar-refractivity contribution is 7.17. The molecule has 2 aromatic heterocycles. The quantitative estimate of drug-likeness (QED) is 0.797. The average molecular weight is 322 g/mol. The lowest BCUT2D eigenvalue weighted by molar-refractivity contribution is 0.102. The number of anilines is 1. The summed E-state index contributed by atoms with van der Waals surface area (Å²) in [5.41, 5.74) is 1.17. The van der Waals surface area contributed by atoms with Crippen molar-refractivity contribution < 1.29 is 9.21 Å². The van der Waals surface area contributed by atoms with Gasteiger partial charge >= 0.3 is 0 Å². The van der Waals surface area contributed by atoms with Crippen molar-refractivity contribution in [2.24, 2.45) is 0 Å². The Hall–Kier alpha value is -2.32. The summed E-state index contributed by atoms with van der Waals surface area (Å²) in [5.74, 6) is 0.379. The molecule has 9 heteroatoms. The molecule has 1 amide bonds. The summed E-state index contributed by atoms with van der Waals surface area (Å²) in [6.45, 7) is 1.70. The fourth-order valence-electron chi connectivity index (χ4n) is 1.66. The van der Waals surface area contributed by atoms with Gasteiger partial charge in [-0.25, -0.2) is 0 Å². The Labute approximate surface area is 128 Å². The van der Waals surface area contributed by atoms with Crippen LogP contribution < -0.4 is 5.32 Å². The zero-order chi connectivity index (χ0) is 14.8. The van der Waals surface area contributed by atoms with Gasteiger partial charge in [0.05, 0.1) is 11.3 Å². The first-order valence-corrected chi connectivity index (χ1v) is 7.03. The molecule has 106 valence electrons. The van der Waals surface area contributed by atoms with Crippen molar-refractivity contribution in [1.29, 1.82) is 0 Å². The summed E-state index contributed by atoms with van der Waals surface area (Å²) < 4.78 is 5.59. The predicted molar refractivity (Wildman–Crippen MR) is 77.3 cm³/mol. The number of nitrogens with zero attached hydrogens (tertiary/aromatic N) is 4. The van der Waals surface area contributed by atoms with E-state index in [0.29, 0.717) is 23.0 Å². The SMILES string of the molecule is Cc1nnc(-c2ccccc2NC(=O)c2nnc(Cl)s2)o1. The molecule has 0 bridgehead atoms. The molecule has 0 atom stereocenters. The zero-order valence-electron chi connectivity index (χ0n) is 10.7. The van der Waals surface area contributed by atoms with Crippen molar-refractivity contribution >= 4 is 34.5 Å². The van der Waals surface area contributed by atoms with Crippen molar-refractivity contribution in [2.75, 3.05) is 5.32 Å². The Kier molecular flexibility index (Phi) is 3.63. The lowest BCUT2D eigenvalue weighted by atomic mass is 10.2. The molecule has 0 aliphatic heterocycles. The topological polar surface area (TPSA) is 93.8 Å². The van der Waals surface area contributed by atoms with E-state index in [4.69, 9.17) is 16.0 Å². The summed E-state index contributed by atoms with van der Waals surface area (Å²) in [7, 11) is 0. The van der Waals surface area contributed by atoms with Crippen LogP contribution in [0.15, 0.2) is 28.7 Å². The summed E-state index contributed by atoms with van der Waals surface area (Å²) >= 11 is 6.67. The normalized spacial score (nSPS) is 10.6. The third-order valence-corrected chi connectivity index (χ3v) is 3.54. The van der Waals surface area contributed by atoms with Crippen LogP contribution in [0.2, 0.25) is 4.47 Å². The number of aryl methyl sites for hydroxylation is 1. The van der Waals surface area contributed by atoms with Crippen molar-refractivity contribution in [3.63, 3.8) is 0 Å². The number of hydrogen-bond donors (Lipinski definition) is 1. The lowest BCUT2D eigenvalue weighted by Gasteiger charge is -2.06. The molecule has 0 spiro atoms. The van der Waals surface area contributed by atoms with Gasteiger partial charge in [-0.3, -0.25) is 4.79 Å². The molecule has 0 saturated carbocycles. The second-order valence-corrected chi connectivity index (χ2v) is 5.55. The minimum Gasteiger partial charge on any atom is -0.421 e. The maximum Gasteiger partial charge on any atom is 0.286 e. The molecule has 1 aromatic carbocycles. The molecule has 0 radical (unpaired) electrons. The van der Waals surface area contributed by atoms with E-state index in [9.17, 15) is 4.79 Å². The first-order chi connectivity index (χ1) is 10.1. The van der Waals surface area contributed by atoms with Gasteiger partial charge in [0.25, 0.3) is 5.91 Å². The highest BCUT2D eigenvalue weighted by Gasteiger charge is 2.16. The van der Waals surface area contributed by atoms with Gasteiger partial charge in [-0.15, -0.1) is 20.4 Å². The van der Waals surface area contributed by atoms with Crippen LogP contribution in [0.3, 0.4) is 0 Å². The average Bonchev–Trinajstić information content (AvgIpc) is 3.08. The summed E-state index contributed by atoms with van der Waals surface area (Å²) in [4.78, 5) is 12.1. The van der Waals surface area contributed by atoms with Crippen molar-refractivity contribution in [2.45, 2.75) is 6.92 Å². The maximum atomic E-state index is 12.1. The van der Waals surface area contributed by atoms with Gasteiger partial charge in [0, 0.05) is 6.92 Å². The van der Waals surface area contributed by atoms with E-state index < -0.39 is 5.91 Å². The van der Waals surface area contributed by atoms with E-state index in [1.807, 2.05) is 6.07 Å². The van der Waals surface area contributed by atoms with Crippen LogP contribution in [0.25, 0.3) is 11.5 Å². The summed E-state index contributed by atoms with van der Waals surface area (Å²) in [5, 5.41) is 17.9. The van der Waals surface area contributed by atoms with E-state index in [-0.39, 0.29) is 9.47 Å². The number of rotatable bonds is 3. The number of amides is 1. The molecular weight excluding hydrogens is 314 g/mol. The monoisotopic (exact) mass is 321 g/mol. The molecule has 0 unspecified atom stereocenters. The Morgan fingerprint density at radius 3 is 2.71 bits per heavy atom. The summed E-state index contributed by atoms with van der Waals surface area (Å²) in [6.07, 6.45) is 0. The van der Waals surface area contributed by atoms with Crippen LogP contribution in [0.4, 0.5) is 5.69 Å². The fraction of sp³-hybridized carbons (Fsp3) is 0.0833. The molecule has 3 aromatic rings. The van der Waals surface area contributed by atoms with E-state index in [1.54, 1.807) is 25.1 Å². The minimum atomic E-state index is -0.400. The number of para-hydroxylation sites is 1. The first-order valence-electron chi connectivity index (χ1n) is 5.83. The van der Waals surface area contributed by atoms with Gasteiger partial charge in [0.2, 0.25) is 21.3 Å². The fourth-order valence-corrected chi connectivity index (χ4v) is 2.38. The minimum absolute atomic E-state index is 0.177. The molecule has 3 rings (SSSR count). The summed E-state index contributed by atoms with van der Waals surface area (Å²) in [6, 6.07) is 7.10. The van der Waals surface area contributed by atoms with Crippen LogP contribution in [0.1, 0.15) is 15.7 Å².